The minimum Gasteiger partial charge on any atom is -0.340 e. The zero-order valence-corrected chi connectivity index (χ0v) is 19.6. The maximum absolute atomic E-state index is 13.9. The number of amides is 3. The molecule has 1 aliphatic heterocycles. The van der Waals surface area contributed by atoms with Crippen LogP contribution in [0, 0.1) is 0 Å². The lowest BCUT2D eigenvalue weighted by Crippen LogP contribution is -2.51. The second-order valence-electron chi connectivity index (χ2n) is 8.48. The molecule has 0 aliphatic carbocycles. The molecule has 0 fully saturated rings. The average Bonchev–Trinajstić information content (AvgIpc) is 2.89. The SMILES string of the molecule is CC(=O)Nc1cccc(C(=O)NC(Cc2ccccc2)C(=O)N2CC=CCC2c2cccnc2)c1. The molecule has 178 valence electrons. The zero-order valence-electron chi connectivity index (χ0n) is 19.6. The second-order valence-corrected chi connectivity index (χ2v) is 8.48. The van der Waals surface area contributed by atoms with Gasteiger partial charge in [-0.15, -0.1) is 0 Å². The van der Waals surface area contributed by atoms with Crippen molar-refractivity contribution >= 4 is 23.4 Å². The van der Waals surface area contributed by atoms with Gasteiger partial charge < -0.3 is 15.5 Å². The molecule has 35 heavy (non-hydrogen) atoms. The average molecular weight is 469 g/mol. The Morgan fingerprint density at radius 2 is 1.86 bits per heavy atom. The number of anilines is 1. The minimum atomic E-state index is -0.764. The molecule has 1 aromatic heterocycles. The van der Waals surface area contributed by atoms with Gasteiger partial charge in [0, 0.05) is 43.5 Å². The van der Waals surface area contributed by atoms with Gasteiger partial charge in [-0.3, -0.25) is 19.4 Å². The molecule has 3 aromatic rings. The molecule has 7 heteroatoms. The van der Waals surface area contributed by atoms with Crippen LogP contribution >= 0.6 is 0 Å². The second kappa shape index (κ2) is 11.2. The van der Waals surface area contributed by atoms with E-state index in [0.29, 0.717) is 30.6 Å². The zero-order chi connectivity index (χ0) is 24.6. The Bertz CT molecular complexity index is 1210. The summed E-state index contributed by atoms with van der Waals surface area (Å²) in [5, 5.41) is 5.63. The van der Waals surface area contributed by atoms with Crippen LogP contribution in [0.3, 0.4) is 0 Å². The largest absolute Gasteiger partial charge is 0.340 e. The molecule has 3 amide bonds. The van der Waals surface area contributed by atoms with Gasteiger partial charge in [0.2, 0.25) is 11.8 Å². The summed E-state index contributed by atoms with van der Waals surface area (Å²) in [6, 6.07) is 19.2. The number of rotatable bonds is 7. The Balaban J connectivity index is 1.60. The summed E-state index contributed by atoms with van der Waals surface area (Å²) in [6.07, 6.45) is 8.58. The standard InChI is InChI=1S/C28H28N4O3/c1-20(33)30-24-13-7-11-22(18-24)27(34)31-25(17-21-9-3-2-4-10-21)28(35)32-16-6-5-14-26(32)23-12-8-15-29-19-23/h2-13,15,18-19,25-26H,14,16-17H2,1H3,(H,30,33)(H,31,34). The normalized spacial score (nSPS) is 15.8. The molecule has 0 saturated heterocycles. The number of hydrogen-bond acceptors (Lipinski definition) is 4. The monoisotopic (exact) mass is 468 g/mol. The minimum absolute atomic E-state index is 0.153. The lowest BCUT2D eigenvalue weighted by atomic mass is 9.97. The summed E-state index contributed by atoms with van der Waals surface area (Å²) >= 11 is 0. The maximum atomic E-state index is 13.9. The number of pyridine rings is 1. The Labute approximate surface area is 204 Å². The van der Waals surface area contributed by atoms with Gasteiger partial charge in [0.25, 0.3) is 5.91 Å². The Kier molecular flexibility index (Phi) is 7.67. The molecule has 4 rings (SSSR count). The first kappa shape index (κ1) is 23.9. The third-order valence-corrected chi connectivity index (χ3v) is 5.89. The van der Waals surface area contributed by atoms with Crippen molar-refractivity contribution in [3.8, 4) is 0 Å². The predicted molar refractivity (Wildman–Crippen MR) is 135 cm³/mol. The van der Waals surface area contributed by atoms with E-state index >= 15 is 0 Å². The number of nitrogens with one attached hydrogen (secondary N) is 2. The number of nitrogens with zero attached hydrogens (tertiary/aromatic N) is 2. The van der Waals surface area contributed by atoms with E-state index in [1.807, 2.05) is 48.5 Å². The van der Waals surface area contributed by atoms with Crippen LogP contribution in [0.2, 0.25) is 0 Å². The van der Waals surface area contributed by atoms with Crippen molar-refractivity contribution in [1.29, 1.82) is 0 Å². The van der Waals surface area contributed by atoms with E-state index in [2.05, 4.69) is 21.7 Å². The fourth-order valence-corrected chi connectivity index (χ4v) is 4.23. The highest BCUT2D eigenvalue weighted by molar-refractivity contribution is 5.99. The fourth-order valence-electron chi connectivity index (χ4n) is 4.23. The van der Waals surface area contributed by atoms with E-state index in [1.54, 1.807) is 41.6 Å². The van der Waals surface area contributed by atoms with Gasteiger partial charge in [-0.25, -0.2) is 0 Å². The Hall–Kier alpha value is -4.26. The molecular weight excluding hydrogens is 440 g/mol. The summed E-state index contributed by atoms with van der Waals surface area (Å²) in [7, 11) is 0. The number of carbonyl (C=O) groups excluding carboxylic acids is 3. The van der Waals surface area contributed by atoms with Crippen molar-refractivity contribution in [1.82, 2.24) is 15.2 Å². The molecule has 0 spiro atoms. The van der Waals surface area contributed by atoms with E-state index in [9.17, 15) is 14.4 Å². The third-order valence-electron chi connectivity index (χ3n) is 5.89. The van der Waals surface area contributed by atoms with E-state index < -0.39 is 6.04 Å². The van der Waals surface area contributed by atoms with Crippen LogP contribution in [-0.2, 0) is 16.0 Å². The first-order valence-electron chi connectivity index (χ1n) is 11.6. The van der Waals surface area contributed by atoms with Crippen molar-refractivity contribution < 1.29 is 14.4 Å². The molecule has 0 radical (unpaired) electrons. The molecular formula is C28H28N4O3. The van der Waals surface area contributed by atoms with Gasteiger partial charge in [-0.1, -0.05) is 54.6 Å². The number of benzene rings is 2. The van der Waals surface area contributed by atoms with Crippen molar-refractivity contribution in [2.45, 2.75) is 31.8 Å². The first-order chi connectivity index (χ1) is 17.0. The van der Waals surface area contributed by atoms with Gasteiger partial charge in [0.1, 0.15) is 6.04 Å². The van der Waals surface area contributed by atoms with Crippen LogP contribution in [0.15, 0.2) is 91.3 Å². The first-order valence-corrected chi connectivity index (χ1v) is 11.6. The third kappa shape index (κ3) is 6.20. The lowest BCUT2D eigenvalue weighted by molar-refractivity contribution is -0.135. The van der Waals surface area contributed by atoms with Crippen LogP contribution in [0.5, 0.6) is 0 Å². The highest BCUT2D eigenvalue weighted by atomic mass is 16.2. The smallest absolute Gasteiger partial charge is 0.252 e. The van der Waals surface area contributed by atoms with Gasteiger partial charge in [-0.2, -0.15) is 0 Å². The van der Waals surface area contributed by atoms with Crippen molar-refractivity contribution in [3.05, 3.63) is 108 Å². The summed E-state index contributed by atoms with van der Waals surface area (Å²) in [5.41, 5.74) is 2.79. The van der Waals surface area contributed by atoms with E-state index in [1.165, 1.54) is 6.92 Å². The van der Waals surface area contributed by atoms with E-state index in [-0.39, 0.29) is 23.8 Å². The molecule has 2 aromatic carbocycles. The summed E-state index contributed by atoms with van der Waals surface area (Å²) < 4.78 is 0. The fraction of sp³-hybridized carbons (Fsp3) is 0.214. The van der Waals surface area contributed by atoms with Gasteiger partial charge in [0.15, 0.2) is 0 Å². The molecule has 2 unspecified atom stereocenters. The number of carbonyl (C=O) groups is 3. The van der Waals surface area contributed by atoms with Crippen molar-refractivity contribution in [2.75, 3.05) is 11.9 Å². The summed E-state index contributed by atoms with van der Waals surface area (Å²) in [5.74, 6) is -0.755. The molecule has 0 bridgehead atoms. The van der Waals surface area contributed by atoms with Gasteiger partial charge >= 0.3 is 0 Å². The van der Waals surface area contributed by atoms with Crippen LogP contribution < -0.4 is 10.6 Å². The highest BCUT2D eigenvalue weighted by Gasteiger charge is 2.32. The van der Waals surface area contributed by atoms with Crippen LogP contribution in [0.1, 0.15) is 40.9 Å². The molecule has 0 saturated carbocycles. The summed E-state index contributed by atoms with van der Waals surface area (Å²) in [4.78, 5) is 44.5. The number of aromatic nitrogens is 1. The molecule has 2 N–H and O–H groups in total. The van der Waals surface area contributed by atoms with Crippen LogP contribution in [0.4, 0.5) is 5.69 Å². The molecule has 2 atom stereocenters. The van der Waals surface area contributed by atoms with Gasteiger partial charge in [-0.05, 0) is 41.8 Å². The van der Waals surface area contributed by atoms with Crippen LogP contribution in [0.25, 0.3) is 0 Å². The lowest BCUT2D eigenvalue weighted by Gasteiger charge is -2.36. The number of hydrogen-bond donors (Lipinski definition) is 2. The Morgan fingerprint density at radius 3 is 2.60 bits per heavy atom. The van der Waals surface area contributed by atoms with Crippen LogP contribution in [-0.4, -0.2) is 40.2 Å². The molecule has 2 heterocycles. The maximum Gasteiger partial charge on any atom is 0.252 e. The van der Waals surface area contributed by atoms with Crippen molar-refractivity contribution in [3.63, 3.8) is 0 Å². The predicted octanol–water partition coefficient (Wildman–Crippen LogP) is 3.91. The molecule has 1 aliphatic rings. The Morgan fingerprint density at radius 1 is 1.03 bits per heavy atom. The van der Waals surface area contributed by atoms with Gasteiger partial charge in [0.05, 0.1) is 6.04 Å². The van der Waals surface area contributed by atoms with E-state index in [4.69, 9.17) is 0 Å². The quantitative estimate of drug-likeness (QED) is 0.515. The summed E-state index contributed by atoms with van der Waals surface area (Å²) in [6.45, 7) is 1.87. The highest BCUT2D eigenvalue weighted by Crippen LogP contribution is 2.28. The van der Waals surface area contributed by atoms with Crippen molar-refractivity contribution in [2.24, 2.45) is 0 Å². The topological polar surface area (TPSA) is 91.4 Å². The van der Waals surface area contributed by atoms with E-state index in [0.717, 1.165) is 11.1 Å². The molecule has 7 nitrogen and oxygen atoms in total.